The molecule has 0 fully saturated rings. The Bertz CT molecular complexity index is 2310. The van der Waals surface area contributed by atoms with E-state index in [1.54, 1.807) is 0 Å². The predicted octanol–water partition coefficient (Wildman–Crippen LogP) is 5.29. The lowest BCUT2D eigenvalue weighted by atomic mass is 10.1. The maximum absolute atomic E-state index is 7.16. The Labute approximate surface area is 301 Å². The van der Waals surface area contributed by atoms with Gasteiger partial charge in [0, 0.05) is 33.6 Å². The minimum Gasteiger partial charge on any atom is -0.478 e. The van der Waals surface area contributed by atoms with Crippen LogP contribution in [0.4, 0.5) is 22.7 Å². The Hall–Kier alpha value is -7.66. The van der Waals surface area contributed by atoms with Gasteiger partial charge >= 0.3 is 8.88 Å². The molecule has 0 saturated heterocycles. The molecule has 0 aliphatic carbocycles. The number of hydrogen-bond donors (Lipinski definition) is 0. The van der Waals surface area contributed by atoms with Crippen LogP contribution in [-0.2, 0) is 0 Å². The summed E-state index contributed by atoms with van der Waals surface area (Å²) in [5.41, 5.74) is 5.93. The summed E-state index contributed by atoms with van der Waals surface area (Å²) in [4.78, 5) is 51.9. The molecule has 4 aromatic carbocycles. The summed E-state index contributed by atoms with van der Waals surface area (Å²) in [5, 5.41) is 0. The van der Waals surface area contributed by atoms with E-state index in [0.717, 1.165) is 22.7 Å². The first-order chi connectivity index (χ1) is 26.2. The fourth-order valence-electron chi connectivity index (χ4n) is 6.51. The molecular weight excluding hydrogens is 689 g/mol. The van der Waals surface area contributed by atoms with Crippen LogP contribution >= 0.6 is 0 Å². The van der Waals surface area contributed by atoms with Gasteiger partial charge in [0.2, 0.25) is 0 Å². The molecule has 1 spiro atoms. The number of rotatable bonds is 6. The van der Waals surface area contributed by atoms with Crippen LogP contribution in [0.2, 0.25) is 0 Å². The third kappa shape index (κ3) is 5.14. The summed E-state index contributed by atoms with van der Waals surface area (Å²) >= 11 is 0. The van der Waals surface area contributed by atoms with Crippen molar-refractivity contribution in [2.75, 3.05) is 9.13 Å². The monoisotopic (exact) mass is 710 g/mol. The minimum absolute atomic E-state index is 0.473. The van der Waals surface area contributed by atoms with Gasteiger partial charge in [-0.3, -0.25) is 9.13 Å². The van der Waals surface area contributed by atoms with E-state index in [9.17, 15) is 0 Å². The molecule has 10 rings (SSSR count). The van der Waals surface area contributed by atoms with E-state index in [2.05, 4.69) is 68.9 Å². The molecule has 17 heteroatoms. The van der Waals surface area contributed by atoms with E-state index in [1.165, 1.54) is 50.6 Å². The second-order valence-corrected chi connectivity index (χ2v) is 14.1. The molecule has 8 aromatic rings. The molecule has 6 heterocycles. The standard InChI is InChI=1S/C36H22N14O2Si/c1-3-7-31-29(5-1)49(27-11-23(33-41-15-37-16-42-33)9-24(12-27)34-43-17-38-18-44-34)53(51-31)50(30-6-2-4-8-32(30)52-53)28-13-25(35-45-19-39-20-46-35)10-26(14-28)36-47-21-40-22-48-36/h1-22H. The second-order valence-electron chi connectivity index (χ2n) is 11.7. The first-order valence-corrected chi connectivity index (χ1v) is 17.9. The molecule has 0 unspecified atom stereocenters. The Balaban J connectivity index is 1.24. The SMILES string of the molecule is c1ccc2c(c1)O[Si]1(Oc3ccccc3N1c1cc(-c3ncncn3)cc(-c3ncncn3)c1)N2c1cc(-c2ncncn2)cc(-c2ncncn2)c1. The van der Waals surface area contributed by atoms with E-state index in [4.69, 9.17) is 8.85 Å². The van der Waals surface area contributed by atoms with Gasteiger partial charge in [-0.2, -0.15) is 0 Å². The van der Waals surface area contributed by atoms with Crippen molar-refractivity contribution < 1.29 is 8.85 Å². The van der Waals surface area contributed by atoms with Crippen LogP contribution < -0.4 is 18.0 Å². The van der Waals surface area contributed by atoms with Crippen molar-refractivity contribution in [1.82, 2.24) is 59.8 Å². The zero-order valence-electron chi connectivity index (χ0n) is 27.3. The molecule has 0 amide bonds. The molecule has 252 valence electrons. The van der Waals surface area contributed by atoms with Crippen molar-refractivity contribution in [3.8, 4) is 57.1 Å². The highest BCUT2D eigenvalue weighted by atomic mass is 28.4. The number of hydrogen-bond acceptors (Lipinski definition) is 16. The van der Waals surface area contributed by atoms with Gasteiger partial charge in [0.15, 0.2) is 23.3 Å². The molecular formula is C36H22N14O2Si. The lowest BCUT2D eigenvalue weighted by molar-refractivity contribution is 0.413. The zero-order chi connectivity index (χ0) is 35.2. The molecule has 16 nitrogen and oxygen atoms in total. The molecule has 0 saturated carbocycles. The summed E-state index contributed by atoms with van der Waals surface area (Å²) < 4.78 is 18.6. The van der Waals surface area contributed by atoms with Crippen LogP contribution in [0.25, 0.3) is 45.6 Å². The predicted molar refractivity (Wildman–Crippen MR) is 192 cm³/mol. The quantitative estimate of drug-likeness (QED) is 0.203. The molecule has 2 aliphatic heterocycles. The molecule has 0 radical (unpaired) electrons. The Morgan fingerprint density at radius 3 is 1.00 bits per heavy atom. The maximum atomic E-state index is 7.16. The minimum atomic E-state index is -3.86. The largest absolute Gasteiger partial charge is 0.733 e. The average Bonchev–Trinajstić information content (AvgIpc) is 3.74. The van der Waals surface area contributed by atoms with Gasteiger partial charge in [0.1, 0.15) is 62.1 Å². The van der Waals surface area contributed by atoms with Gasteiger partial charge in [-0.15, -0.1) is 0 Å². The number of anilines is 4. The average molecular weight is 711 g/mol. The number of para-hydroxylation sites is 4. The van der Waals surface area contributed by atoms with Crippen LogP contribution in [0.1, 0.15) is 0 Å². The van der Waals surface area contributed by atoms with Crippen LogP contribution in [0.15, 0.2) is 136 Å². The lowest BCUT2D eigenvalue weighted by Gasteiger charge is -2.36. The van der Waals surface area contributed by atoms with Crippen molar-refractivity contribution in [3.05, 3.63) is 136 Å². The highest BCUT2D eigenvalue weighted by Gasteiger charge is 2.68. The molecule has 2 aliphatic rings. The third-order valence-corrected chi connectivity index (χ3v) is 11.7. The van der Waals surface area contributed by atoms with Gasteiger partial charge < -0.3 is 8.85 Å². The van der Waals surface area contributed by atoms with Gasteiger partial charge in [0.25, 0.3) is 0 Å². The first-order valence-electron chi connectivity index (χ1n) is 16.2. The molecule has 0 N–H and O–H groups in total. The summed E-state index contributed by atoms with van der Waals surface area (Å²) in [7, 11) is -3.86. The highest BCUT2D eigenvalue weighted by Crippen LogP contribution is 2.55. The van der Waals surface area contributed by atoms with E-state index in [0.29, 0.717) is 57.1 Å². The van der Waals surface area contributed by atoms with Crippen molar-refractivity contribution >= 4 is 31.6 Å². The van der Waals surface area contributed by atoms with E-state index in [1.807, 2.05) is 84.9 Å². The summed E-state index contributed by atoms with van der Waals surface area (Å²) in [6.45, 7) is 0. The van der Waals surface area contributed by atoms with Crippen molar-refractivity contribution in [1.29, 1.82) is 0 Å². The highest BCUT2D eigenvalue weighted by molar-refractivity contribution is 6.82. The zero-order valence-corrected chi connectivity index (χ0v) is 28.3. The normalized spacial score (nSPS) is 13.7. The molecule has 0 atom stereocenters. The molecule has 53 heavy (non-hydrogen) atoms. The van der Waals surface area contributed by atoms with Gasteiger partial charge in [-0.1, -0.05) is 24.3 Å². The summed E-state index contributed by atoms with van der Waals surface area (Å²) in [6, 6.07) is 27.6. The van der Waals surface area contributed by atoms with Gasteiger partial charge in [-0.25, -0.2) is 59.8 Å². The Morgan fingerprint density at radius 1 is 0.377 bits per heavy atom. The topological polar surface area (TPSA) is 180 Å². The van der Waals surface area contributed by atoms with E-state index >= 15 is 0 Å². The first kappa shape index (κ1) is 30.2. The molecule has 4 aromatic heterocycles. The van der Waals surface area contributed by atoms with Crippen LogP contribution in [0.5, 0.6) is 11.5 Å². The van der Waals surface area contributed by atoms with Crippen LogP contribution in [0, 0.1) is 0 Å². The number of benzene rings is 4. The smallest absolute Gasteiger partial charge is 0.478 e. The second kappa shape index (κ2) is 12.3. The van der Waals surface area contributed by atoms with Gasteiger partial charge in [0.05, 0.1) is 11.4 Å². The summed E-state index contributed by atoms with van der Waals surface area (Å²) in [5.74, 6) is 3.19. The van der Waals surface area contributed by atoms with E-state index < -0.39 is 8.88 Å². The van der Waals surface area contributed by atoms with Crippen LogP contribution in [0.3, 0.4) is 0 Å². The lowest BCUT2D eigenvalue weighted by Crippen LogP contribution is -2.67. The van der Waals surface area contributed by atoms with Gasteiger partial charge in [-0.05, 0) is 60.7 Å². The van der Waals surface area contributed by atoms with Crippen LogP contribution in [-0.4, -0.2) is 68.7 Å². The number of fused-ring (bicyclic) bond motifs is 2. The Kier molecular flexibility index (Phi) is 7.00. The maximum Gasteiger partial charge on any atom is 0.733 e. The van der Waals surface area contributed by atoms with Crippen molar-refractivity contribution in [2.45, 2.75) is 0 Å². The number of nitrogens with zero attached hydrogens (tertiary/aromatic N) is 14. The van der Waals surface area contributed by atoms with Crippen molar-refractivity contribution in [3.63, 3.8) is 0 Å². The summed E-state index contributed by atoms with van der Waals surface area (Å²) in [6.07, 6.45) is 11.7. The third-order valence-electron chi connectivity index (χ3n) is 8.62. The fourth-order valence-corrected chi connectivity index (χ4v) is 9.92. The molecule has 0 bridgehead atoms. The Morgan fingerprint density at radius 2 is 0.679 bits per heavy atom. The van der Waals surface area contributed by atoms with Crippen molar-refractivity contribution in [2.24, 2.45) is 0 Å². The van der Waals surface area contributed by atoms with E-state index in [-0.39, 0.29) is 0 Å². The number of aromatic nitrogens is 12. The fraction of sp³-hybridized carbons (Fsp3) is 0.